The third kappa shape index (κ3) is 2.03. The molecule has 1 aromatic heterocycles. The molecule has 0 aliphatic rings. The minimum Gasteiger partial charge on any atom is -0.143 e. The average molecular weight is 318 g/mol. The van der Waals surface area contributed by atoms with Crippen LogP contribution < -0.4 is 0 Å². The Morgan fingerprint density at radius 2 is 1.62 bits per heavy atom. The molecule has 2 aromatic rings. The second-order valence-corrected chi connectivity index (χ2v) is 5.29. The molecule has 3 heteroatoms. The molecule has 0 N–H and O–H groups in total. The van der Waals surface area contributed by atoms with E-state index in [9.17, 15) is 0 Å². The molecule has 0 atom stereocenters. The molecule has 0 saturated carbocycles. The fourth-order valence-electron chi connectivity index (χ4n) is 1.10. The van der Waals surface area contributed by atoms with Gasteiger partial charge in [0.25, 0.3) is 0 Å². The van der Waals surface area contributed by atoms with E-state index < -0.39 is 0 Å². The van der Waals surface area contributed by atoms with Crippen LogP contribution in [0.25, 0.3) is 10.4 Å². The van der Waals surface area contributed by atoms with Gasteiger partial charge >= 0.3 is 0 Å². The first-order chi connectivity index (χ1) is 6.27. The molecule has 13 heavy (non-hydrogen) atoms. The van der Waals surface area contributed by atoms with E-state index in [1.807, 2.05) is 0 Å². The lowest BCUT2D eigenvalue weighted by Gasteiger charge is -1.98. The predicted molar refractivity (Wildman–Crippen MR) is 65.2 cm³/mol. The lowest BCUT2D eigenvalue weighted by atomic mass is 10.2. The first-order valence-corrected chi connectivity index (χ1v) is 6.23. The minimum atomic E-state index is 1.11. The van der Waals surface area contributed by atoms with Gasteiger partial charge in [-0.25, -0.2) is 0 Å². The van der Waals surface area contributed by atoms with Gasteiger partial charge in [-0.2, -0.15) is 0 Å². The molecule has 0 bridgehead atoms. The summed E-state index contributed by atoms with van der Waals surface area (Å²) in [5.74, 6) is 0. The number of halogens is 2. The van der Waals surface area contributed by atoms with Gasteiger partial charge in [0.15, 0.2) is 0 Å². The van der Waals surface area contributed by atoms with Crippen molar-refractivity contribution in [1.82, 2.24) is 0 Å². The van der Waals surface area contributed by atoms with Crippen LogP contribution in [-0.2, 0) is 0 Å². The Hall–Kier alpha value is -0.120. The van der Waals surface area contributed by atoms with Crippen LogP contribution in [0.1, 0.15) is 0 Å². The smallest absolute Gasteiger partial charge is 0.0484 e. The van der Waals surface area contributed by atoms with E-state index in [-0.39, 0.29) is 0 Å². The molecule has 1 aromatic carbocycles. The molecule has 0 aliphatic heterocycles. The summed E-state index contributed by atoms with van der Waals surface area (Å²) in [6.45, 7) is 0. The average Bonchev–Trinajstić information content (AvgIpc) is 2.53. The van der Waals surface area contributed by atoms with Crippen molar-refractivity contribution in [1.29, 1.82) is 0 Å². The van der Waals surface area contributed by atoms with Crippen LogP contribution in [-0.4, -0.2) is 0 Å². The monoisotopic (exact) mass is 316 g/mol. The van der Waals surface area contributed by atoms with Gasteiger partial charge in [0.2, 0.25) is 0 Å². The fourth-order valence-corrected chi connectivity index (χ4v) is 2.97. The van der Waals surface area contributed by atoms with Crippen LogP contribution in [0.4, 0.5) is 0 Å². The SMILES string of the molecule is Brc1ccc(-c2sccc2Br)cc1. The summed E-state index contributed by atoms with van der Waals surface area (Å²) in [6.07, 6.45) is 0. The molecular weight excluding hydrogens is 312 g/mol. The van der Waals surface area contributed by atoms with E-state index in [1.165, 1.54) is 14.9 Å². The molecule has 0 fully saturated rings. The Labute approximate surface area is 97.9 Å². The lowest BCUT2D eigenvalue weighted by Crippen LogP contribution is -1.72. The normalized spacial score (nSPS) is 10.3. The van der Waals surface area contributed by atoms with Crippen LogP contribution >= 0.6 is 43.2 Å². The van der Waals surface area contributed by atoms with Crippen molar-refractivity contribution < 1.29 is 0 Å². The molecule has 66 valence electrons. The van der Waals surface area contributed by atoms with Crippen molar-refractivity contribution in [2.45, 2.75) is 0 Å². The highest BCUT2D eigenvalue weighted by Crippen LogP contribution is 2.33. The largest absolute Gasteiger partial charge is 0.143 e. The van der Waals surface area contributed by atoms with Gasteiger partial charge in [-0.15, -0.1) is 11.3 Å². The maximum Gasteiger partial charge on any atom is 0.0484 e. The molecular formula is C10H6Br2S. The highest BCUT2D eigenvalue weighted by Gasteiger charge is 2.03. The van der Waals surface area contributed by atoms with Crippen LogP contribution in [0.2, 0.25) is 0 Å². The summed E-state index contributed by atoms with van der Waals surface area (Å²) in [5, 5.41) is 2.08. The summed E-state index contributed by atoms with van der Waals surface area (Å²) in [4.78, 5) is 1.28. The maximum atomic E-state index is 3.52. The molecule has 2 rings (SSSR count). The molecule has 0 unspecified atom stereocenters. The van der Waals surface area contributed by atoms with Crippen LogP contribution in [0, 0.1) is 0 Å². The van der Waals surface area contributed by atoms with E-state index in [2.05, 4.69) is 67.6 Å². The highest BCUT2D eigenvalue weighted by atomic mass is 79.9. The van der Waals surface area contributed by atoms with Gasteiger partial charge < -0.3 is 0 Å². The third-order valence-corrected chi connectivity index (χ3v) is 4.14. The van der Waals surface area contributed by atoms with E-state index in [1.54, 1.807) is 11.3 Å². The fraction of sp³-hybridized carbons (Fsp3) is 0. The van der Waals surface area contributed by atoms with Crippen molar-refractivity contribution in [3.8, 4) is 10.4 Å². The zero-order valence-electron chi connectivity index (χ0n) is 6.63. The number of benzene rings is 1. The number of thiophene rings is 1. The Morgan fingerprint density at radius 1 is 0.923 bits per heavy atom. The standard InChI is InChI=1S/C10H6Br2S/c11-8-3-1-7(2-4-8)10-9(12)5-6-13-10/h1-6H. The number of rotatable bonds is 1. The van der Waals surface area contributed by atoms with Crippen molar-refractivity contribution in [2.75, 3.05) is 0 Å². The van der Waals surface area contributed by atoms with E-state index in [0.717, 1.165) is 4.47 Å². The molecule has 0 aliphatic carbocycles. The summed E-state index contributed by atoms with van der Waals surface area (Å²) in [7, 11) is 0. The maximum absolute atomic E-state index is 3.52. The lowest BCUT2D eigenvalue weighted by molar-refractivity contribution is 1.64. The summed E-state index contributed by atoms with van der Waals surface area (Å²) < 4.78 is 2.28. The number of hydrogen-bond acceptors (Lipinski definition) is 1. The molecule has 0 radical (unpaired) electrons. The van der Waals surface area contributed by atoms with E-state index in [0.29, 0.717) is 0 Å². The Bertz CT molecular complexity index is 403. The van der Waals surface area contributed by atoms with Crippen molar-refractivity contribution in [3.05, 3.63) is 44.7 Å². The van der Waals surface area contributed by atoms with Gasteiger partial charge in [0.1, 0.15) is 0 Å². The topological polar surface area (TPSA) is 0 Å². The van der Waals surface area contributed by atoms with E-state index in [4.69, 9.17) is 0 Å². The molecule has 0 spiro atoms. The zero-order valence-corrected chi connectivity index (χ0v) is 10.6. The quantitative estimate of drug-likeness (QED) is 0.699. The van der Waals surface area contributed by atoms with Gasteiger partial charge in [-0.3, -0.25) is 0 Å². The van der Waals surface area contributed by atoms with Crippen LogP contribution in [0.15, 0.2) is 44.7 Å². The van der Waals surface area contributed by atoms with Crippen LogP contribution in [0.5, 0.6) is 0 Å². The summed E-state index contributed by atoms with van der Waals surface area (Å²) in [6, 6.07) is 10.4. The van der Waals surface area contributed by atoms with Gasteiger partial charge in [0, 0.05) is 13.8 Å². The van der Waals surface area contributed by atoms with Crippen molar-refractivity contribution in [2.24, 2.45) is 0 Å². The third-order valence-electron chi connectivity index (χ3n) is 1.72. The Morgan fingerprint density at radius 3 is 2.15 bits per heavy atom. The molecule has 0 nitrogen and oxygen atoms in total. The first kappa shape index (κ1) is 9.44. The Balaban J connectivity index is 2.47. The van der Waals surface area contributed by atoms with Gasteiger partial charge in [-0.1, -0.05) is 28.1 Å². The first-order valence-electron chi connectivity index (χ1n) is 3.76. The molecule has 1 heterocycles. The molecule has 0 amide bonds. The molecule has 0 saturated heterocycles. The van der Waals surface area contributed by atoms with Gasteiger partial charge in [0.05, 0.1) is 0 Å². The summed E-state index contributed by atoms with van der Waals surface area (Å²) in [5.41, 5.74) is 1.25. The highest BCUT2D eigenvalue weighted by molar-refractivity contribution is 9.10. The number of hydrogen-bond donors (Lipinski definition) is 0. The zero-order chi connectivity index (χ0) is 9.26. The Kier molecular flexibility index (Phi) is 2.86. The summed E-state index contributed by atoms with van der Waals surface area (Å²) >= 11 is 8.69. The predicted octanol–water partition coefficient (Wildman–Crippen LogP) is 4.94. The van der Waals surface area contributed by atoms with Crippen LogP contribution in [0.3, 0.4) is 0 Å². The second-order valence-electron chi connectivity index (χ2n) is 2.60. The van der Waals surface area contributed by atoms with E-state index >= 15 is 0 Å². The van der Waals surface area contributed by atoms with Crippen molar-refractivity contribution >= 4 is 43.2 Å². The minimum absolute atomic E-state index is 1.11. The van der Waals surface area contributed by atoms with Gasteiger partial charge in [-0.05, 0) is 45.1 Å². The second kappa shape index (κ2) is 3.95. The van der Waals surface area contributed by atoms with Crippen molar-refractivity contribution in [3.63, 3.8) is 0 Å².